The molecule has 0 saturated heterocycles. The van der Waals surface area contributed by atoms with E-state index in [1.807, 2.05) is 24.3 Å². The van der Waals surface area contributed by atoms with E-state index < -0.39 is 0 Å². The number of fused-ring (bicyclic) bond motifs is 1. The fourth-order valence-corrected chi connectivity index (χ4v) is 3.28. The van der Waals surface area contributed by atoms with Crippen LogP contribution in [-0.4, -0.2) is 30.2 Å². The van der Waals surface area contributed by atoms with Gasteiger partial charge in [0, 0.05) is 22.4 Å². The molecular weight excluding hydrogens is 336 g/mol. The Balaban J connectivity index is 1.54. The molecule has 0 aliphatic rings. The first kappa shape index (κ1) is 15.6. The number of ether oxygens (including phenoxy) is 1. The second-order valence-corrected chi connectivity index (χ2v) is 7.47. The van der Waals surface area contributed by atoms with Gasteiger partial charge in [-0.3, -0.25) is 0 Å². The molecule has 0 atom stereocenters. The highest BCUT2D eigenvalue weighted by molar-refractivity contribution is 7.13. The van der Waals surface area contributed by atoms with E-state index in [-0.39, 0.29) is 5.41 Å². The van der Waals surface area contributed by atoms with Crippen LogP contribution in [0.2, 0.25) is 0 Å². The van der Waals surface area contributed by atoms with Gasteiger partial charge in [0.05, 0.1) is 5.69 Å². The lowest BCUT2D eigenvalue weighted by molar-refractivity contribution is 0.447. The van der Waals surface area contributed by atoms with E-state index in [4.69, 9.17) is 9.72 Å². The summed E-state index contributed by atoms with van der Waals surface area (Å²) in [6.45, 7) is 6.49. The van der Waals surface area contributed by atoms with Gasteiger partial charge in [-0.05, 0) is 40.8 Å². The van der Waals surface area contributed by atoms with Crippen LogP contribution in [0.15, 0.2) is 41.8 Å². The van der Waals surface area contributed by atoms with Crippen LogP contribution in [0, 0.1) is 0 Å². The molecule has 0 saturated carbocycles. The van der Waals surface area contributed by atoms with E-state index >= 15 is 0 Å². The zero-order valence-corrected chi connectivity index (χ0v) is 14.9. The quantitative estimate of drug-likeness (QED) is 0.559. The molecule has 4 aromatic rings. The van der Waals surface area contributed by atoms with Gasteiger partial charge in [0.15, 0.2) is 5.65 Å². The summed E-state index contributed by atoms with van der Waals surface area (Å²) in [6.07, 6.45) is 0. The summed E-state index contributed by atoms with van der Waals surface area (Å²) >= 11 is 1.65. The van der Waals surface area contributed by atoms with Crippen LogP contribution in [-0.2, 0) is 5.41 Å². The number of benzene rings is 1. The first-order valence-corrected chi connectivity index (χ1v) is 8.67. The largest absolute Gasteiger partial charge is 0.438 e. The Hall–Kier alpha value is -2.87. The summed E-state index contributed by atoms with van der Waals surface area (Å²) in [4.78, 5) is 4.73. The summed E-state index contributed by atoms with van der Waals surface area (Å²) in [5.74, 6) is 1.12. The molecule has 0 N–H and O–H groups in total. The molecule has 4 rings (SSSR count). The van der Waals surface area contributed by atoms with Crippen molar-refractivity contribution in [3.63, 3.8) is 0 Å². The Morgan fingerprint density at radius 2 is 1.84 bits per heavy atom. The molecule has 0 fully saturated rings. The third-order valence-electron chi connectivity index (χ3n) is 3.64. The van der Waals surface area contributed by atoms with E-state index in [2.05, 4.69) is 46.8 Å². The summed E-state index contributed by atoms with van der Waals surface area (Å²) in [5, 5.41) is 18.4. The molecule has 25 heavy (non-hydrogen) atoms. The topological polar surface area (TPSA) is 78.1 Å². The molecule has 0 bridgehead atoms. The molecule has 3 heterocycles. The lowest BCUT2D eigenvalue weighted by Crippen LogP contribution is -2.11. The smallest absolute Gasteiger partial charge is 0.239 e. The van der Waals surface area contributed by atoms with Crippen molar-refractivity contribution in [3.05, 3.63) is 47.5 Å². The van der Waals surface area contributed by atoms with Crippen molar-refractivity contribution in [2.75, 3.05) is 0 Å². The molecule has 1 aromatic carbocycles. The average Bonchev–Trinajstić information content (AvgIpc) is 3.24. The summed E-state index contributed by atoms with van der Waals surface area (Å²) < 4.78 is 7.09. The van der Waals surface area contributed by atoms with E-state index in [0.29, 0.717) is 17.3 Å². The van der Waals surface area contributed by atoms with Crippen LogP contribution in [0.5, 0.6) is 11.6 Å². The van der Waals surface area contributed by atoms with Gasteiger partial charge in [0.2, 0.25) is 5.88 Å². The maximum absolute atomic E-state index is 5.76. The Morgan fingerprint density at radius 1 is 1.04 bits per heavy atom. The van der Waals surface area contributed by atoms with E-state index in [0.717, 1.165) is 16.3 Å². The van der Waals surface area contributed by atoms with Crippen molar-refractivity contribution in [2.24, 2.45) is 0 Å². The molecule has 0 amide bonds. The predicted octanol–water partition coefficient (Wildman–Crippen LogP) is 3.73. The highest BCUT2D eigenvalue weighted by Gasteiger charge is 2.17. The molecule has 0 radical (unpaired) electrons. The maximum atomic E-state index is 5.76. The second kappa shape index (κ2) is 5.89. The fourth-order valence-electron chi connectivity index (χ4n) is 2.22. The van der Waals surface area contributed by atoms with Crippen molar-refractivity contribution in [1.29, 1.82) is 0 Å². The molecule has 0 spiro atoms. The zero-order chi connectivity index (χ0) is 17.4. The summed E-state index contributed by atoms with van der Waals surface area (Å²) in [5.41, 5.74) is 2.79. The molecule has 7 nitrogen and oxygen atoms in total. The van der Waals surface area contributed by atoms with Crippen LogP contribution >= 0.6 is 11.3 Å². The standard InChI is InChI=1S/C17H16N6OS/c1-17(2,3)13-10-25-16(18-13)11-4-6-12(7-5-11)24-15-9-8-14-19-21-22-23(14)20-15/h4-10H,1-3H3. The van der Waals surface area contributed by atoms with Crippen molar-refractivity contribution >= 4 is 17.0 Å². The lowest BCUT2D eigenvalue weighted by atomic mass is 9.93. The van der Waals surface area contributed by atoms with Gasteiger partial charge in [0.25, 0.3) is 0 Å². The third-order valence-corrected chi connectivity index (χ3v) is 4.53. The normalized spacial score (nSPS) is 11.8. The second-order valence-electron chi connectivity index (χ2n) is 6.61. The molecule has 0 unspecified atom stereocenters. The van der Waals surface area contributed by atoms with Gasteiger partial charge in [-0.2, -0.15) is 0 Å². The fraction of sp³-hybridized carbons (Fsp3) is 0.235. The number of rotatable bonds is 3. The number of hydrogen-bond donors (Lipinski definition) is 0. The van der Waals surface area contributed by atoms with Gasteiger partial charge in [0.1, 0.15) is 10.8 Å². The SMILES string of the molecule is CC(C)(C)c1csc(-c2ccc(Oc3ccc4nnnn4n3)cc2)n1. The number of thiazole rings is 1. The molecule has 0 aliphatic heterocycles. The van der Waals surface area contributed by atoms with Crippen LogP contribution < -0.4 is 4.74 Å². The van der Waals surface area contributed by atoms with Gasteiger partial charge >= 0.3 is 0 Å². The van der Waals surface area contributed by atoms with Gasteiger partial charge < -0.3 is 4.74 Å². The minimum absolute atomic E-state index is 0.0539. The molecular formula is C17H16N6OS. The minimum atomic E-state index is 0.0539. The third kappa shape index (κ3) is 3.20. The van der Waals surface area contributed by atoms with Crippen molar-refractivity contribution < 1.29 is 4.74 Å². The van der Waals surface area contributed by atoms with Crippen molar-refractivity contribution in [3.8, 4) is 22.2 Å². The molecule has 3 aromatic heterocycles. The van der Waals surface area contributed by atoms with Gasteiger partial charge in [-0.15, -0.1) is 26.2 Å². The van der Waals surface area contributed by atoms with Crippen LogP contribution in [0.25, 0.3) is 16.2 Å². The lowest BCUT2D eigenvalue weighted by Gasteiger charge is -2.14. The van der Waals surface area contributed by atoms with Gasteiger partial charge in [-0.25, -0.2) is 4.98 Å². The average molecular weight is 352 g/mol. The molecule has 0 aliphatic carbocycles. The highest BCUT2D eigenvalue weighted by Crippen LogP contribution is 2.31. The van der Waals surface area contributed by atoms with E-state index in [1.54, 1.807) is 23.5 Å². The monoisotopic (exact) mass is 352 g/mol. The van der Waals surface area contributed by atoms with Gasteiger partial charge in [-0.1, -0.05) is 20.8 Å². The van der Waals surface area contributed by atoms with E-state index in [9.17, 15) is 0 Å². The molecule has 126 valence electrons. The maximum Gasteiger partial charge on any atom is 0.239 e. The number of hydrogen-bond acceptors (Lipinski definition) is 7. The Kier molecular flexibility index (Phi) is 3.69. The minimum Gasteiger partial charge on any atom is -0.438 e. The van der Waals surface area contributed by atoms with E-state index in [1.165, 1.54) is 4.63 Å². The molecule has 8 heteroatoms. The predicted molar refractivity (Wildman–Crippen MR) is 94.9 cm³/mol. The van der Waals surface area contributed by atoms with Crippen molar-refractivity contribution in [1.82, 2.24) is 30.2 Å². The number of aromatic nitrogens is 6. The number of nitrogens with zero attached hydrogens (tertiary/aromatic N) is 6. The van der Waals surface area contributed by atoms with Crippen LogP contribution in [0.1, 0.15) is 26.5 Å². The number of tetrazole rings is 1. The zero-order valence-electron chi connectivity index (χ0n) is 14.0. The summed E-state index contributed by atoms with van der Waals surface area (Å²) in [6, 6.07) is 11.3. The van der Waals surface area contributed by atoms with Crippen LogP contribution in [0.3, 0.4) is 0 Å². The Labute approximate surface area is 148 Å². The highest BCUT2D eigenvalue weighted by atomic mass is 32.1. The Bertz CT molecular complexity index is 1020. The van der Waals surface area contributed by atoms with Crippen LogP contribution in [0.4, 0.5) is 0 Å². The first-order valence-electron chi connectivity index (χ1n) is 7.79. The van der Waals surface area contributed by atoms with Crippen molar-refractivity contribution in [2.45, 2.75) is 26.2 Å². The summed E-state index contributed by atoms with van der Waals surface area (Å²) in [7, 11) is 0. The first-order chi connectivity index (χ1) is 12.0. The Morgan fingerprint density at radius 3 is 2.56 bits per heavy atom.